The number of nitrogens with zero attached hydrogens (tertiary/aromatic N) is 3. The Labute approximate surface area is 107 Å². The van der Waals surface area contributed by atoms with Crippen LogP contribution in [0.15, 0.2) is 4.52 Å². The van der Waals surface area contributed by atoms with E-state index in [2.05, 4.69) is 22.0 Å². The summed E-state index contributed by atoms with van der Waals surface area (Å²) in [5.41, 5.74) is 0. The van der Waals surface area contributed by atoms with Gasteiger partial charge in [0.05, 0.1) is 6.61 Å². The topological polar surface area (TPSA) is 51.4 Å². The second-order valence-corrected chi connectivity index (χ2v) is 5.26. The predicted octanol–water partition coefficient (Wildman–Crippen LogP) is 1.77. The van der Waals surface area contributed by atoms with Gasteiger partial charge in [0.2, 0.25) is 5.89 Å². The zero-order valence-electron chi connectivity index (χ0n) is 11.0. The Kier molecular flexibility index (Phi) is 3.61. The predicted molar refractivity (Wildman–Crippen MR) is 66.6 cm³/mol. The Morgan fingerprint density at radius 1 is 1.22 bits per heavy atom. The van der Waals surface area contributed by atoms with Crippen molar-refractivity contribution >= 4 is 0 Å². The lowest BCUT2D eigenvalue weighted by Crippen LogP contribution is -2.32. The van der Waals surface area contributed by atoms with Crippen molar-refractivity contribution in [2.45, 2.75) is 38.0 Å². The monoisotopic (exact) mass is 251 g/mol. The molecule has 3 heterocycles. The molecule has 3 rings (SSSR count). The van der Waals surface area contributed by atoms with Gasteiger partial charge in [0.1, 0.15) is 0 Å². The maximum atomic E-state index is 5.45. The summed E-state index contributed by atoms with van der Waals surface area (Å²) in [7, 11) is 0. The Balaban J connectivity index is 1.62. The van der Waals surface area contributed by atoms with Crippen molar-refractivity contribution in [1.82, 2.24) is 15.0 Å². The Hall–Kier alpha value is -0.940. The second-order valence-electron chi connectivity index (χ2n) is 5.26. The summed E-state index contributed by atoms with van der Waals surface area (Å²) in [5, 5.41) is 4.13. The summed E-state index contributed by atoms with van der Waals surface area (Å²) in [5.74, 6) is 2.49. The molecule has 0 spiro atoms. The molecule has 0 aromatic carbocycles. The van der Waals surface area contributed by atoms with Gasteiger partial charge in [-0.25, -0.2) is 0 Å². The largest absolute Gasteiger partial charge is 0.381 e. The lowest BCUT2D eigenvalue weighted by Gasteiger charge is -2.28. The number of ether oxygens (including phenoxy) is 1. The molecule has 5 nitrogen and oxygen atoms in total. The van der Waals surface area contributed by atoms with Crippen molar-refractivity contribution in [1.29, 1.82) is 0 Å². The summed E-state index contributed by atoms with van der Waals surface area (Å²) in [4.78, 5) is 7.06. The van der Waals surface area contributed by atoms with E-state index in [-0.39, 0.29) is 0 Å². The number of hydrogen-bond donors (Lipinski definition) is 0. The SMILES string of the molecule is CCN1CCC(c2nc([C@@H]3CCOC3)no2)CC1. The summed E-state index contributed by atoms with van der Waals surface area (Å²) >= 11 is 0. The Morgan fingerprint density at radius 2 is 2.06 bits per heavy atom. The van der Waals surface area contributed by atoms with Crippen LogP contribution in [0.3, 0.4) is 0 Å². The first-order valence-electron chi connectivity index (χ1n) is 7.00. The highest BCUT2D eigenvalue weighted by Crippen LogP contribution is 2.29. The molecule has 2 fully saturated rings. The van der Waals surface area contributed by atoms with Gasteiger partial charge >= 0.3 is 0 Å². The molecule has 0 unspecified atom stereocenters. The van der Waals surface area contributed by atoms with Crippen LogP contribution < -0.4 is 0 Å². The van der Waals surface area contributed by atoms with E-state index >= 15 is 0 Å². The molecule has 0 aliphatic carbocycles. The maximum Gasteiger partial charge on any atom is 0.229 e. The molecule has 0 radical (unpaired) electrons. The average Bonchev–Trinajstić information content (AvgIpc) is 3.09. The van der Waals surface area contributed by atoms with E-state index in [0.717, 1.165) is 63.8 Å². The molecule has 18 heavy (non-hydrogen) atoms. The first kappa shape index (κ1) is 12.1. The van der Waals surface area contributed by atoms with Gasteiger partial charge in [-0.1, -0.05) is 12.1 Å². The van der Waals surface area contributed by atoms with Crippen LogP contribution in [-0.4, -0.2) is 47.9 Å². The van der Waals surface area contributed by atoms with Crippen LogP contribution >= 0.6 is 0 Å². The third kappa shape index (κ3) is 2.42. The quantitative estimate of drug-likeness (QED) is 0.819. The maximum absolute atomic E-state index is 5.45. The van der Waals surface area contributed by atoms with Gasteiger partial charge in [-0.2, -0.15) is 4.98 Å². The van der Waals surface area contributed by atoms with Crippen molar-refractivity contribution in [3.05, 3.63) is 11.7 Å². The molecule has 1 aromatic heterocycles. The third-order valence-corrected chi connectivity index (χ3v) is 4.14. The molecule has 0 amide bonds. The van der Waals surface area contributed by atoms with Gasteiger partial charge in [0, 0.05) is 18.4 Å². The first-order chi connectivity index (χ1) is 8.86. The van der Waals surface area contributed by atoms with E-state index in [1.165, 1.54) is 0 Å². The average molecular weight is 251 g/mol. The fraction of sp³-hybridized carbons (Fsp3) is 0.846. The number of likely N-dealkylation sites (tertiary alicyclic amines) is 1. The molecule has 100 valence electrons. The van der Waals surface area contributed by atoms with Crippen LogP contribution in [0.5, 0.6) is 0 Å². The van der Waals surface area contributed by atoms with Crippen molar-refractivity contribution in [3.63, 3.8) is 0 Å². The molecule has 2 aliphatic rings. The lowest BCUT2D eigenvalue weighted by molar-refractivity contribution is 0.192. The van der Waals surface area contributed by atoms with Gasteiger partial charge in [-0.15, -0.1) is 0 Å². The minimum atomic E-state index is 0.346. The fourth-order valence-electron chi connectivity index (χ4n) is 2.81. The smallest absolute Gasteiger partial charge is 0.229 e. The van der Waals surface area contributed by atoms with E-state index in [0.29, 0.717) is 11.8 Å². The van der Waals surface area contributed by atoms with Crippen molar-refractivity contribution in [2.24, 2.45) is 0 Å². The summed E-state index contributed by atoms with van der Waals surface area (Å²) in [6.45, 7) is 7.21. The molecule has 1 aromatic rings. The van der Waals surface area contributed by atoms with Gasteiger partial charge < -0.3 is 14.2 Å². The van der Waals surface area contributed by atoms with Crippen molar-refractivity contribution < 1.29 is 9.26 Å². The second kappa shape index (κ2) is 5.36. The molecule has 1 atom stereocenters. The highest BCUT2D eigenvalue weighted by molar-refractivity contribution is 5.01. The molecule has 0 bridgehead atoms. The van der Waals surface area contributed by atoms with E-state index in [4.69, 9.17) is 9.26 Å². The zero-order chi connectivity index (χ0) is 12.4. The zero-order valence-corrected chi connectivity index (χ0v) is 11.0. The molecule has 5 heteroatoms. The molecular weight excluding hydrogens is 230 g/mol. The summed E-state index contributed by atoms with van der Waals surface area (Å²) < 4.78 is 10.8. The minimum absolute atomic E-state index is 0.346. The van der Waals surface area contributed by atoms with E-state index < -0.39 is 0 Å². The van der Waals surface area contributed by atoms with E-state index in [1.807, 2.05) is 0 Å². The summed E-state index contributed by atoms with van der Waals surface area (Å²) in [6.07, 6.45) is 3.29. The van der Waals surface area contributed by atoms with E-state index in [9.17, 15) is 0 Å². The normalized spacial score (nSPS) is 26.8. The van der Waals surface area contributed by atoms with Crippen LogP contribution in [0.1, 0.15) is 49.7 Å². The number of hydrogen-bond acceptors (Lipinski definition) is 5. The summed E-state index contributed by atoms with van der Waals surface area (Å²) in [6, 6.07) is 0. The van der Waals surface area contributed by atoms with Crippen LogP contribution in [0, 0.1) is 0 Å². The highest BCUT2D eigenvalue weighted by atomic mass is 16.5. The molecule has 2 saturated heterocycles. The molecule has 2 aliphatic heterocycles. The van der Waals surface area contributed by atoms with Crippen LogP contribution in [0.2, 0.25) is 0 Å². The standard InChI is InChI=1S/C13H21N3O2/c1-2-16-6-3-10(4-7-16)13-14-12(15-18-13)11-5-8-17-9-11/h10-11H,2-9H2,1H3/t11-/m1/s1. The minimum Gasteiger partial charge on any atom is -0.381 e. The van der Waals surface area contributed by atoms with E-state index in [1.54, 1.807) is 0 Å². The van der Waals surface area contributed by atoms with Gasteiger partial charge in [-0.05, 0) is 38.9 Å². The molecule has 0 saturated carbocycles. The van der Waals surface area contributed by atoms with Gasteiger partial charge in [0.15, 0.2) is 5.82 Å². The molecular formula is C13H21N3O2. The fourth-order valence-corrected chi connectivity index (χ4v) is 2.81. The van der Waals surface area contributed by atoms with Crippen LogP contribution in [0.25, 0.3) is 0 Å². The molecule has 0 N–H and O–H groups in total. The van der Waals surface area contributed by atoms with Crippen LogP contribution in [-0.2, 0) is 4.74 Å². The van der Waals surface area contributed by atoms with Gasteiger partial charge in [-0.3, -0.25) is 0 Å². The number of aromatic nitrogens is 2. The number of piperidine rings is 1. The van der Waals surface area contributed by atoms with Crippen molar-refractivity contribution in [3.8, 4) is 0 Å². The third-order valence-electron chi connectivity index (χ3n) is 4.14. The van der Waals surface area contributed by atoms with Crippen molar-refractivity contribution in [2.75, 3.05) is 32.8 Å². The van der Waals surface area contributed by atoms with Crippen LogP contribution in [0.4, 0.5) is 0 Å². The number of rotatable bonds is 3. The highest BCUT2D eigenvalue weighted by Gasteiger charge is 2.27. The first-order valence-corrected chi connectivity index (χ1v) is 7.00. The van der Waals surface area contributed by atoms with Gasteiger partial charge in [0.25, 0.3) is 0 Å². The Bertz CT molecular complexity index is 379. The lowest BCUT2D eigenvalue weighted by atomic mass is 9.97. The Morgan fingerprint density at radius 3 is 2.72 bits per heavy atom.